The minimum atomic E-state index is 0.987. The fourth-order valence-electron chi connectivity index (χ4n) is 7.14. The Labute approximate surface area is 156 Å². The molecule has 3 fully saturated rings. The molecule has 4 atom stereocenters. The normalized spacial score (nSPS) is 41.3. The van der Waals surface area contributed by atoms with Gasteiger partial charge in [0.2, 0.25) is 0 Å². The number of likely N-dealkylation sites (tertiary alicyclic amines) is 1. The SMILES string of the molecule is C[N+](C)(C)CCC[N+]1(C)CC2C3CCCCC3=C3CCCCC3C2C1. The van der Waals surface area contributed by atoms with Gasteiger partial charge in [-0.1, -0.05) is 24.0 Å². The molecule has 4 rings (SSSR count). The van der Waals surface area contributed by atoms with Gasteiger partial charge in [-0.2, -0.15) is 0 Å². The smallest absolute Gasteiger partial charge is 0.0839 e. The number of hydrogen-bond acceptors (Lipinski definition) is 0. The van der Waals surface area contributed by atoms with E-state index in [1.54, 1.807) is 0 Å². The third-order valence-electron chi connectivity index (χ3n) is 8.14. The second-order valence-electron chi connectivity index (χ2n) is 11.2. The topological polar surface area (TPSA) is 0 Å². The highest BCUT2D eigenvalue weighted by molar-refractivity contribution is 5.28. The van der Waals surface area contributed by atoms with E-state index in [1.807, 2.05) is 11.1 Å². The first kappa shape index (κ1) is 18.0. The molecule has 2 heteroatoms. The van der Waals surface area contributed by atoms with Crippen LogP contribution in [0, 0.1) is 23.7 Å². The lowest BCUT2D eigenvalue weighted by Crippen LogP contribution is -2.45. The Morgan fingerprint density at radius 2 is 1.36 bits per heavy atom. The molecule has 1 aliphatic heterocycles. The van der Waals surface area contributed by atoms with Gasteiger partial charge in [0.1, 0.15) is 0 Å². The third-order valence-corrected chi connectivity index (χ3v) is 8.14. The van der Waals surface area contributed by atoms with Gasteiger partial charge in [0.25, 0.3) is 0 Å². The van der Waals surface area contributed by atoms with E-state index < -0.39 is 0 Å². The zero-order valence-electron chi connectivity index (χ0n) is 17.4. The quantitative estimate of drug-likeness (QED) is 0.520. The molecule has 0 spiro atoms. The molecule has 4 aliphatic rings. The van der Waals surface area contributed by atoms with E-state index in [-0.39, 0.29) is 0 Å². The minimum Gasteiger partial charge on any atom is -0.331 e. The molecule has 2 nitrogen and oxygen atoms in total. The molecule has 0 aromatic heterocycles. The van der Waals surface area contributed by atoms with Crippen molar-refractivity contribution < 1.29 is 8.97 Å². The number of nitrogens with zero attached hydrogens (tertiary/aromatic N) is 2. The van der Waals surface area contributed by atoms with Gasteiger partial charge in [-0.05, 0) is 50.4 Å². The van der Waals surface area contributed by atoms with Crippen LogP contribution in [0.2, 0.25) is 0 Å². The Morgan fingerprint density at radius 1 is 0.840 bits per heavy atom. The lowest BCUT2D eigenvalue weighted by Gasteiger charge is -2.45. The second kappa shape index (κ2) is 6.68. The van der Waals surface area contributed by atoms with Gasteiger partial charge in [0, 0.05) is 18.3 Å². The van der Waals surface area contributed by atoms with E-state index in [0.29, 0.717) is 0 Å². The van der Waals surface area contributed by atoms with Crippen LogP contribution in [-0.4, -0.2) is 63.3 Å². The first-order valence-electron chi connectivity index (χ1n) is 11.2. The van der Waals surface area contributed by atoms with Gasteiger partial charge in [-0.15, -0.1) is 0 Å². The predicted molar refractivity (Wildman–Crippen MR) is 106 cm³/mol. The van der Waals surface area contributed by atoms with Gasteiger partial charge in [-0.3, -0.25) is 0 Å². The third kappa shape index (κ3) is 3.58. The Bertz CT molecular complexity index is 493. The Balaban J connectivity index is 1.52. The Hall–Kier alpha value is -0.340. The Kier molecular flexibility index (Phi) is 4.82. The summed E-state index contributed by atoms with van der Waals surface area (Å²) in [6.45, 7) is 5.71. The van der Waals surface area contributed by atoms with Crippen LogP contribution in [0.5, 0.6) is 0 Å². The van der Waals surface area contributed by atoms with Crippen LogP contribution in [0.15, 0.2) is 11.1 Å². The van der Waals surface area contributed by atoms with Crippen LogP contribution in [0.3, 0.4) is 0 Å². The monoisotopic (exact) mass is 346 g/mol. The van der Waals surface area contributed by atoms with Crippen molar-refractivity contribution in [2.45, 2.75) is 57.8 Å². The molecule has 0 amide bonds. The van der Waals surface area contributed by atoms with Crippen molar-refractivity contribution in [1.82, 2.24) is 0 Å². The first-order valence-corrected chi connectivity index (χ1v) is 11.2. The zero-order chi connectivity index (χ0) is 17.7. The van der Waals surface area contributed by atoms with Gasteiger partial charge < -0.3 is 8.97 Å². The van der Waals surface area contributed by atoms with Crippen LogP contribution in [-0.2, 0) is 0 Å². The standard InChI is InChI=1S/C23H42N2/c1-24(2,3)14-9-15-25(4)16-22-20-12-7-5-10-18(20)19-11-6-8-13-21(19)23(22)17-25/h20-23H,5-17H2,1-4H3/q+2. The van der Waals surface area contributed by atoms with Crippen molar-refractivity contribution in [3.8, 4) is 0 Å². The van der Waals surface area contributed by atoms with Crippen molar-refractivity contribution in [3.05, 3.63) is 11.1 Å². The fraction of sp³-hybridized carbons (Fsp3) is 0.913. The van der Waals surface area contributed by atoms with Crippen molar-refractivity contribution in [2.75, 3.05) is 54.4 Å². The predicted octanol–water partition coefficient (Wildman–Crippen LogP) is 4.47. The number of fused-ring (bicyclic) bond motifs is 5. The van der Waals surface area contributed by atoms with E-state index in [9.17, 15) is 0 Å². The maximum atomic E-state index is 2.60. The van der Waals surface area contributed by atoms with Crippen molar-refractivity contribution >= 4 is 0 Å². The highest BCUT2D eigenvalue weighted by Crippen LogP contribution is 2.55. The summed E-state index contributed by atoms with van der Waals surface area (Å²) in [6.07, 6.45) is 13.3. The number of hydrogen-bond donors (Lipinski definition) is 0. The second-order valence-corrected chi connectivity index (χ2v) is 11.2. The summed E-state index contributed by atoms with van der Waals surface area (Å²) in [6, 6.07) is 0. The van der Waals surface area contributed by atoms with E-state index in [4.69, 9.17) is 0 Å². The molecule has 1 saturated heterocycles. The average molecular weight is 347 g/mol. The van der Waals surface area contributed by atoms with E-state index in [2.05, 4.69) is 28.2 Å². The van der Waals surface area contributed by atoms with E-state index in [0.717, 1.165) is 28.2 Å². The molecule has 0 N–H and O–H groups in total. The lowest BCUT2D eigenvalue weighted by molar-refractivity contribution is -0.910. The minimum absolute atomic E-state index is 0.987. The van der Waals surface area contributed by atoms with E-state index >= 15 is 0 Å². The van der Waals surface area contributed by atoms with Crippen molar-refractivity contribution in [3.63, 3.8) is 0 Å². The molecule has 2 saturated carbocycles. The van der Waals surface area contributed by atoms with Crippen molar-refractivity contribution in [2.24, 2.45) is 23.7 Å². The van der Waals surface area contributed by atoms with Crippen LogP contribution in [0.4, 0.5) is 0 Å². The summed E-state index contributed by atoms with van der Waals surface area (Å²) in [5.41, 5.74) is 3.99. The molecule has 25 heavy (non-hydrogen) atoms. The highest BCUT2D eigenvalue weighted by atomic mass is 15.4. The Morgan fingerprint density at radius 3 is 1.84 bits per heavy atom. The zero-order valence-corrected chi connectivity index (χ0v) is 17.4. The van der Waals surface area contributed by atoms with Crippen LogP contribution >= 0.6 is 0 Å². The van der Waals surface area contributed by atoms with Gasteiger partial charge in [0.05, 0.1) is 54.4 Å². The molecule has 0 bridgehead atoms. The molecular weight excluding hydrogens is 304 g/mol. The average Bonchev–Trinajstić information content (AvgIpc) is 2.92. The summed E-state index contributed by atoms with van der Waals surface area (Å²) in [4.78, 5) is 0. The molecule has 1 heterocycles. The largest absolute Gasteiger partial charge is 0.331 e. The van der Waals surface area contributed by atoms with Gasteiger partial charge in [-0.25, -0.2) is 0 Å². The summed E-state index contributed by atoms with van der Waals surface area (Å²) >= 11 is 0. The molecule has 4 unspecified atom stereocenters. The van der Waals surface area contributed by atoms with Crippen LogP contribution in [0.1, 0.15) is 57.8 Å². The number of quaternary nitrogens is 2. The molecule has 0 radical (unpaired) electrons. The molecule has 0 aromatic rings. The lowest BCUT2D eigenvalue weighted by atomic mass is 9.58. The van der Waals surface area contributed by atoms with Gasteiger partial charge >= 0.3 is 0 Å². The number of allylic oxidation sites excluding steroid dienone is 2. The van der Waals surface area contributed by atoms with Crippen LogP contribution < -0.4 is 0 Å². The van der Waals surface area contributed by atoms with E-state index in [1.165, 1.54) is 88.4 Å². The summed E-state index contributed by atoms with van der Waals surface area (Å²) in [5.74, 6) is 4.02. The summed E-state index contributed by atoms with van der Waals surface area (Å²) in [5, 5.41) is 0. The molecule has 3 aliphatic carbocycles. The van der Waals surface area contributed by atoms with Crippen molar-refractivity contribution in [1.29, 1.82) is 0 Å². The molecule has 142 valence electrons. The summed E-state index contributed by atoms with van der Waals surface area (Å²) < 4.78 is 2.50. The maximum Gasteiger partial charge on any atom is 0.0839 e. The number of rotatable bonds is 4. The fourth-order valence-corrected chi connectivity index (χ4v) is 7.14. The first-order chi connectivity index (χ1) is 11.9. The molecular formula is C23H42N2+2. The summed E-state index contributed by atoms with van der Waals surface area (Å²) in [7, 11) is 9.63. The van der Waals surface area contributed by atoms with Gasteiger partial charge in [0.15, 0.2) is 0 Å². The maximum absolute atomic E-state index is 2.60. The highest BCUT2D eigenvalue weighted by Gasteiger charge is 2.53. The van der Waals surface area contributed by atoms with Crippen LogP contribution in [0.25, 0.3) is 0 Å². The molecule has 0 aromatic carbocycles.